The topological polar surface area (TPSA) is 60.2 Å². The van der Waals surface area contributed by atoms with Gasteiger partial charge in [0.05, 0.1) is 4.92 Å². The van der Waals surface area contributed by atoms with Crippen molar-refractivity contribution < 1.29 is 9.72 Å². The van der Waals surface area contributed by atoms with Gasteiger partial charge in [-0.1, -0.05) is 12.1 Å². The van der Waals surface area contributed by atoms with Crippen LogP contribution in [0.25, 0.3) is 0 Å². The molecule has 0 bridgehead atoms. The molecule has 0 aliphatic rings. The number of carbonyl (C=O) groups excluding carboxylic acids is 1. The van der Waals surface area contributed by atoms with Gasteiger partial charge in [-0.2, -0.15) is 0 Å². The van der Waals surface area contributed by atoms with E-state index in [1.807, 2.05) is 26.8 Å². The third-order valence-electron chi connectivity index (χ3n) is 3.64. The van der Waals surface area contributed by atoms with E-state index in [4.69, 9.17) is 0 Å². The van der Waals surface area contributed by atoms with E-state index in [0.29, 0.717) is 11.1 Å². The Balaban J connectivity index is 2.41. The number of hydrogen-bond donors (Lipinski definition) is 0. The molecule has 0 unspecified atom stereocenters. The molecule has 0 aliphatic carbocycles. The molecule has 0 spiro atoms. The Hall–Kier alpha value is -2.49. The molecular weight excluding hydrogens is 254 g/mol. The Bertz CT molecular complexity index is 688. The zero-order chi connectivity index (χ0) is 14.9. The molecule has 20 heavy (non-hydrogen) atoms. The summed E-state index contributed by atoms with van der Waals surface area (Å²) in [6.45, 7) is 5.90. The Morgan fingerprint density at radius 3 is 2.10 bits per heavy atom. The average molecular weight is 269 g/mol. The number of nitro benzene ring substituents is 1. The predicted octanol–water partition coefficient (Wildman–Crippen LogP) is 3.75. The van der Waals surface area contributed by atoms with Crippen molar-refractivity contribution in [2.24, 2.45) is 0 Å². The van der Waals surface area contributed by atoms with Gasteiger partial charge in [-0.25, -0.2) is 0 Å². The number of non-ortho nitro benzene ring substituents is 1. The third-order valence-corrected chi connectivity index (χ3v) is 3.64. The number of hydrogen-bond acceptors (Lipinski definition) is 3. The van der Waals surface area contributed by atoms with Crippen molar-refractivity contribution in [2.75, 3.05) is 0 Å². The maximum atomic E-state index is 12.4. The van der Waals surface area contributed by atoms with Crippen LogP contribution < -0.4 is 0 Å². The van der Waals surface area contributed by atoms with E-state index < -0.39 is 4.92 Å². The van der Waals surface area contributed by atoms with Crippen molar-refractivity contribution in [3.63, 3.8) is 0 Å². The summed E-state index contributed by atoms with van der Waals surface area (Å²) in [4.78, 5) is 22.6. The second-order valence-electron chi connectivity index (χ2n) is 4.81. The van der Waals surface area contributed by atoms with Crippen LogP contribution in [-0.4, -0.2) is 10.7 Å². The standard InChI is InChI=1S/C16H15NO3/c1-10-4-9-15(12(3)11(10)2)16(18)13-5-7-14(8-6-13)17(19)20/h4-9H,1-3H3. The van der Waals surface area contributed by atoms with Gasteiger partial charge >= 0.3 is 0 Å². The zero-order valence-electron chi connectivity index (χ0n) is 11.6. The molecule has 4 heteroatoms. The summed E-state index contributed by atoms with van der Waals surface area (Å²) >= 11 is 0. The Morgan fingerprint density at radius 1 is 0.950 bits per heavy atom. The second kappa shape index (κ2) is 5.25. The normalized spacial score (nSPS) is 10.3. The minimum absolute atomic E-state index is 0.0154. The lowest BCUT2D eigenvalue weighted by Gasteiger charge is -2.10. The molecule has 0 saturated carbocycles. The molecule has 0 atom stereocenters. The summed E-state index contributed by atoms with van der Waals surface area (Å²) in [6, 6.07) is 9.42. The van der Waals surface area contributed by atoms with Crippen molar-refractivity contribution in [3.8, 4) is 0 Å². The number of benzene rings is 2. The largest absolute Gasteiger partial charge is 0.289 e. The fourth-order valence-corrected chi connectivity index (χ4v) is 2.09. The van der Waals surface area contributed by atoms with Gasteiger partial charge in [0.25, 0.3) is 5.69 Å². The van der Waals surface area contributed by atoms with Crippen LogP contribution in [0.5, 0.6) is 0 Å². The van der Waals surface area contributed by atoms with Gasteiger partial charge in [0, 0.05) is 23.3 Å². The summed E-state index contributed by atoms with van der Waals surface area (Å²) in [7, 11) is 0. The van der Waals surface area contributed by atoms with Crippen LogP contribution in [0.2, 0.25) is 0 Å². The van der Waals surface area contributed by atoms with Crippen LogP contribution in [0.15, 0.2) is 36.4 Å². The van der Waals surface area contributed by atoms with E-state index in [1.165, 1.54) is 24.3 Å². The van der Waals surface area contributed by atoms with Crippen LogP contribution in [0.3, 0.4) is 0 Å². The van der Waals surface area contributed by atoms with Gasteiger partial charge in [0.2, 0.25) is 0 Å². The highest BCUT2D eigenvalue weighted by atomic mass is 16.6. The number of ketones is 1. The molecule has 2 rings (SSSR count). The van der Waals surface area contributed by atoms with Crippen LogP contribution in [0.4, 0.5) is 5.69 Å². The maximum Gasteiger partial charge on any atom is 0.269 e. The molecule has 102 valence electrons. The van der Waals surface area contributed by atoms with Crippen LogP contribution in [0.1, 0.15) is 32.6 Å². The minimum Gasteiger partial charge on any atom is -0.289 e. The van der Waals surface area contributed by atoms with E-state index in [9.17, 15) is 14.9 Å². The Kier molecular flexibility index (Phi) is 3.66. The highest BCUT2D eigenvalue weighted by molar-refractivity contribution is 6.10. The first-order valence-electron chi connectivity index (χ1n) is 6.27. The average Bonchev–Trinajstić information content (AvgIpc) is 2.44. The maximum absolute atomic E-state index is 12.4. The monoisotopic (exact) mass is 269 g/mol. The lowest BCUT2D eigenvalue weighted by molar-refractivity contribution is -0.384. The van der Waals surface area contributed by atoms with Crippen molar-refractivity contribution in [1.29, 1.82) is 0 Å². The molecule has 2 aromatic carbocycles. The fraction of sp³-hybridized carbons (Fsp3) is 0.188. The third kappa shape index (κ3) is 2.45. The quantitative estimate of drug-likeness (QED) is 0.484. The summed E-state index contributed by atoms with van der Waals surface area (Å²) < 4.78 is 0. The molecule has 0 saturated heterocycles. The Labute approximate surface area is 117 Å². The molecule has 0 fully saturated rings. The van der Waals surface area contributed by atoms with Crippen molar-refractivity contribution in [2.45, 2.75) is 20.8 Å². The molecule has 4 nitrogen and oxygen atoms in total. The highest BCUT2D eigenvalue weighted by Gasteiger charge is 2.15. The number of rotatable bonds is 3. The first-order valence-corrected chi connectivity index (χ1v) is 6.27. The molecule has 0 aliphatic heterocycles. The second-order valence-corrected chi connectivity index (χ2v) is 4.81. The smallest absolute Gasteiger partial charge is 0.269 e. The number of nitro groups is 1. The molecular formula is C16H15NO3. The summed E-state index contributed by atoms with van der Waals surface area (Å²) in [5, 5.41) is 10.6. The molecule has 0 heterocycles. The summed E-state index contributed by atoms with van der Waals surface area (Å²) in [5.41, 5.74) is 4.27. The van der Waals surface area contributed by atoms with Gasteiger partial charge in [0.1, 0.15) is 0 Å². The summed E-state index contributed by atoms with van der Waals surface area (Å²) in [6.07, 6.45) is 0. The van der Waals surface area contributed by atoms with Crippen molar-refractivity contribution in [1.82, 2.24) is 0 Å². The SMILES string of the molecule is Cc1ccc(C(=O)c2ccc([N+](=O)[O-])cc2)c(C)c1C. The predicted molar refractivity (Wildman–Crippen MR) is 77.2 cm³/mol. The molecule has 0 amide bonds. The fourth-order valence-electron chi connectivity index (χ4n) is 2.09. The van der Waals surface area contributed by atoms with Gasteiger partial charge < -0.3 is 0 Å². The van der Waals surface area contributed by atoms with E-state index in [0.717, 1.165) is 16.7 Å². The van der Waals surface area contributed by atoms with Gasteiger partial charge in [-0.3, -0.25) is 14.9 Å². The molecule has 0 aromatic heterocycles. The molecule has 2 aromatic rings. The first-order chi connectivity index (χ1) is 9.41. The van der Waals surface area contributed by atoms with E-state index >= 15 is 0 Å². The number of nitrogens with zero attached hydrogens (tertiary/aromatic N) is 1. The highest BCUT2D eigenvalue weighted by Crippen LogP contribution is 2.21. The number of aryl methyl sites for hydroxylation is 1. The van der Waals surface area contributed by atoms with Crippen LogP contribution in [0, 0.1) is 30.9 Å². The van der Waals surface area contributed by atoms with Crippen molar-refractivity contribution >= 4 is 11.5 Å². The lowest BCUT2D eigenvalue weighted by Crippen LogP contribution is -2.05. The Morgan fingerprint density at radius 2 is 1.55 bits per heavy atom. The molecule has 0 N–H and O–H groups in total. The van der Waals surface area contributed by atoms with Crippen LogP contribution in [-0.2, 0) is 0 Å². The summed E-state index contributed by atoms with van der Waals surface area (Å²) in [5.74, 6) is -0.111. The minimum atomic E-state index is -0.477. The lowest BCUT2D eigenvalue weighted by atomic mass is 9.93. The van der Waals surface area contributed by atoms with Gasteiger partial charge in [-0.05, 0) is 49.6 Å². The van der Waals surface area contributed by atoms with Crippen molar-refractivity contribution in [3.05, 3.63) is 74.3 Å². The molecule has 0 radical (unpaired) electrons. The van der Waals surface area contributed by atoms with Crippen LogP contribution >= 0.6 is 0 Å². The van der Waals surface area contributed by atoms with Gasteiger partial charge in [0.15, 0.2) is 5.78 Å². The van der Waals surface area contributed by atoms with E-state index in [1.54, 1.807) is 6.07 Å². The number of carbonyl (C=O) groups is 1. The van der Waals surface area contributed by atoms with E-state index in [-0.39, 0.29) is 11.5 Å². The zero-order valence-corrected chi connectivity index (χ0v) is 11.6. The van der Waals surface area contributed by atoms with Gasteiger partial charge in [-0.15, -0.1) is 0 Å². The first kappa shape index (κ1) is 13.9. The van der Waals surface area contributed by atoms with E-state index in [2.05, 4.69) is 0 Å².